The van der Waals surface area contributed by atoms with Crippen LogP contribution in [0, 0.1) is 18.6 Å². The van der Waals surface area contributed by atoms with Crippen LogP contribution in [-0.2, 0) is 6.54 Å². The van der Waals surface area contributed by atoms with E-state index in [1.807, 2.05) is 0 Å². The fourth-order valence-corrected chi connectivity index (χ4v) is 1.87. The van der Waals surface area contributed by atoms with Crippen LogP contribution in [0.15, 0.2) is 30.5 Å². The van der Waals surface area contributed by atoms with Gasteiger partial charge in [0.1, 0.15) is 17.5 Å². The zero-order chi connectivity index (χ0) is 14.5. The number of benzene rings is 1. The summed E-state index contributed by atoms with van der Waals surface area (Å²) in [6.07, 6.45) is 0.380. The molecule has 1 heterocycles. The van der Waals surface area contributed by atoms with E-state index in [9.17, 15) is 13.9 Å². The molecule has 1 aromatic heterocycles. The van der Waals surface area contributed by atoms with Gasteiger partial charge in [-0.2, -0.15) is 0 Å². The maximum Gasteiger partial charge on any atom is 0.131 e. The Balaban J connectivity index is 1.94. The number of aromatic nitrogens is 2. The molecule has 0 aliphatic heterocycles. The molecule has 4 nitrogen and oxygen atoms in total. The van der Waals surface area contributed by atoms with Gasteiger partial charge in [0.15, 0.2) is 0 Å². The second kappa shape index (κ2) is 6.49. The molecule has 0 fully saturated rings. The van der Waals surface area contributed by atoms with Crippen molar-refractivity contribution in [3.63, 3.8) is 0 Å². The highest BCUT2D eigenvalue weighted by Crippen LogP contribution is 2.19. The molecule has 0 radical (unpaired) electrons. The maximum absolute atomic E-state index is 13.5. The average Bonchev–Trinajstić information content (AvgIpc) is 2.38. The maximum atomic E-state index is 13.5. The molecule has 6 heteroatoms. The smallest absolute Gasteiger partial charge is 0.131 e. The van der Waals surface area contributed by atoms with E-state index >= 15 is 0 Å². The molecule has 0 aliphatic carbocycles. The molecule has 106 valence electrons. The summed E-state index contributed by atoms with van der Waals surface area (Å²) in [5.41, 5.74) is 0.428. The molecule has 1 aromatic carbocycles. The molecule has 0 saturated heterocycles. The lowest BCUT2D eigenvalue weighted by molar-refractivity contribution is 0.164. The molecule has 0 bridgehead atoms. The summed E-state index contributed by atoms with van der Waals surface area (Å²) in [7, 11) is 0. The molecule has 2 rings (SSSR count). The monoisotopic (exact) mass is 279 g/mol. The standard InChI is InChI=1S/C14H15F2N3O/c1-9-18-6-5-10(19-9)7-17-8-13(20)14-11(15)3-2-4-12(14)16/h2-6,13,17,20H,7-8H2,1H3. The summed E-state index contributed by atoms with van der Waals surface area (Å²) < 4.78 is 26.9. The molecule has 0 saturated carbocycles. The topological polar surface area (TPSA) is 58.0 Å². The SMILES string of the molecule is Cc1nccc(CNCC(O)c2c(F)cccc2F)n1. The molecule has 0 spiro atoms. The largest absolute Gasteiger partial charge is 0.387 e. The first-order chi connectivity index (χ1) is 9.58. The number of hydrogen-bond donors (Lipinski definition) is 2. The number of rotatable bonds is 5. The van der Waals surface area contributed by atoms with Crippen LogP contribution in [0.5, 0.6) is 0 Å². The molecule has 2 N–H and O–H groups in total. The van der Waals surface area contributed by atoms with Crippen molar-refractivity contribution in [2.24, 2.45) is 0 Å². The molecule has 0 amide bonds. The Bertz CT molecular complexity index is 572. The molecule has 20 heavy (non-hydrogen) atoms. The van der Waals surface area contributed by atoms with Gasteiger partial charge in [-0.15, -0.1) is 0 Å². The number of aliphatic hydroxyl groups excluding tert-OH is 1. The first kappa shape index (κ1) is 14.5. The van der Waals surface area contributed by atoms with Crippen LogP contribution in [0.2, 0.25) is 0 Å². The van der Waals surface area contributed by atoms with E-state index in [0.29, 0.717) is 12.4 Å². The minimum absolute atomic E-state index is 0.0287. The normalized spacial score (nSPS) is 12.4. The van der Waals surface area contributed by atoms with Crippen LogP contribution in [-0.4, -0.2) is 21.6 Å². The van der Waals surface area contributed by atoms with Crippen molar-refractivity contribution in [1.29, 1.82) is 0 Å². The molecular formula is C14H15F2N3O. The van der Waals surface area contributed by atoms with Crippen LogP contribution < -0.4 is 5.32 Å². The van der Waals surface area contributed by atoms with Crippen molar-refractivity contribution in [1.82, 2.24) is 15.3 Å². The Labute approximate surface area is 115 Å². The highest BCUT2D eigenvalue weighted by atomic mass is 19.1. The van der Waals surface area contributed by atoms with Crippen LogP contribution in [0.1, 0.15) is 23.2 Å². The van der Waals surface area contributed by atoms with Crippen molar-refractivity contribution >= 4 is 0 Å². The minimum atomic E-state index is -1.25. The van der Waals surface area contributed by atoms with E-state index < -0.39 is 17.7 Å². The zero-order valence-electron chi connectivity index (χ0n) is 11.0. The summed E-state index contributed by atoms with van der Waals surface area (Å²) in [5, 5.41) is 12.7. The summed E-state index contributed by atoms with van der Waals surface area (Å²) >= 11 is 0. The number of aryl methyl sites for hydroxylation is 1. The third-order valence-corrected chi connectivity index (χ3v) is 2.81. The molecule has 2 aromatic rings. The first-order valence-corrected chi connectivity index (χ1v) is 6.19. The van der Waals surface area contributed by atoms with E-state index in [0.717, 1.165) is 17.8 Å². The Morgan fingerprint density at radius 1 is 1.25 bits per heavy atom. The van der Waals surface area contributed by atoms with Gasteiger partial charge in [0.2, 0.25) is 0 Å². The lowest BCUT2D eigenvalue weighted by Gasteiger charge is -2.13. The average molecular weight is 279 g/mol. The molecular weight excluding hydrogens is 264 g/mol. The quantitative estimate of drug-likeness (QED) is 0.877. The number of hydrogen-bond acceptors (Lipinski definition) is 4. The predicted molar refractivity (Wildman–Crippen MR) is 69.8 cm³/mol. The van der Waals surface area contributed by atoms with Gasteiger partial charge in [0, 0.05) is 19.3 Å². The van der Waals surface area contributed by atoms with E-state index in [2.05, 4.69) is 15.3 Å². The van der Waals surface area contributed by atoms with Crippen molar-refractivity contribution in [2.75, 3.05) is 6.54 Å². The van der Waals surface area contributed by atoms with Crippen LogP contribution in [0.3, 0.4) is 0 Å². The summed E-state index contributed by atoms with van der Waals surface area (Å²) in [5.74, 6) is -0.862. The fraction of sp³-hybridized carbons (Fsp3) is 0.286. The van der Waals surface area contributed by atoms with Gasteiger partial charge in [-0.25, -0.2) is 18.7 Å². The van der Waals surface area contributed by atoms with Crippen LogP contribution >= 0.6 is 0 Å². The first-order valence-electron chi connectivity index (χ1n) is 6.19. The van der Waals surface area contributed by atoms with Crippen LogP contribution in [0.25, 0.3) is 0 Å². The molecule has 0 aliphatic rings. The summed E-state index contributed by atoms with van der Waals surface area (Å²) in [6.45, 7) is 2.18. The van der Waals surface area contributed by atoms with Crippen molar-refractivity contribution in [3.8, 4) is 0 Å². The minimum Gasteiger partial charge on any atom is -0.387 e. The highest BCUT2D eigenvalue weighted by Gasteiger charge is 2.17. The van der Waals surface area contributed by atoms with Crippen molar-refractivity contribution in [2.45, 2.75) is 19.6 Å². The Morgan fingerprint density at radius 2 is 1.95 bits per heavy atom. The van der Waals surface area contributed by atoms with Gasteiger partial charge in [-0.1, -0.05) is 6.07 Å². The zero-order valence-corrected chi connectivity index (χ0v) is 11.0. The Morgan fingerprint density at radius 3 is 2.60 bits per heavy atom. The van der Waals surface area contributed by atoms with Gasteiger partial charge < -0.3 is 10.4 Å². The van der Waals surface area contributed by atoms with Gasteiger partial charge >= 0.3 is 0 Å². The van der Waals surface area contributed by atoms with E-state index in [-0.39, 0.29) is 12.1 Å². The summed E-state index contributed by atoms with van der Waals surface area (Å²) in [4.78, 5) is 8.14. The molecule has 1 atom stereocenters. The summed E-state index contributed by atoms with van der Waals surface area (Å²) in [6, 6.07) is 5.23. The number of nitrogens with zero attached hydrogens (tertiary/aromatic N) is 2. The van der Waals surface area contributed by atoms with Gasteiger partial charge in [-0.3, -0.25) is 0 Å². The lowest BCUT2D eigenvalue weighted by atomic mass is 10.1. The van der Waals surface area contributed by atoms with E-state index in [1.54, 1.807) is 19.2 Å². The van der Waals surface area contributed by atoms with E-state index in [4.69, 9.17) is 0 Å². The van der Waals surface area contributed by atoms with Gasteiger partial charge in [-0.05, 0) is 25.1 Å². The third kappa shape index (κ3) is 3.55. The second-order valence-electron chi connectivity index (χ2n) is 4.38. The molecule has 1 unspecified atom stereocenters. The van der Waals surface area contributed by atoms with E-state index in [1.165, 1.54) is 6.07 Å². The van der Waals surface area contributed by atoms with Crippen molar-refractivity contribution in [3.05, 3.63) is 59.2 Å². The second-order valence-corrected chi connectivity index (χ2v) is 4.38. The Kier molecular flexibility index (Phi) is 4.70. The highest BCUT2D eigenvalue weighted by molar-refractivity contribution is 5.22. The third-order valence-electron chi connectivity index (χ3n) is 2.81. The fourth-order valence-electron chi connectivity index (χ4n) is 1.87. The number of aliphatic hydroxyl groups is 1. The lowest BCUT2D eigenvalue weighted by Crippen LogP contribution is -2.23. The number of nitrogens with one attached hydrogen (secondary N) is 1. The predicted octanol–water partition coefficient (Wildman–Crippen LogP) is 1.89. The van der Waals surface area contributed by atoms with Crippen molar-refractivity contribution < 1.29 is 13.9 Å². The Hall–Kier alpha value is -1.92. The van der Waals surface area contributed by atoms with Crippen LogP contribution in [0.4, 0.5) is 8.78 Å². The van der Waals surface area contributed by atoms with Gasteiger partial charge in [0.05, 0.1) is 17.4 Å². The van der Waals surface area contributed by atoms with Gasteiger partial charge in [0.25, 0.3) is 0 Å². The number of halogens is 2.